The number of pyridine rings is 1. The highest BCUT2D eigenvalue weighted by Gasteiger charge is 2.17. The third kappa shape index (κ3) is 2.76. The zero-order chi connectivity index (χ0) is 17.3. The quantitative estimate of drug-likeness (QED) is 0.715. The topological polar surface area (TPSA) is 31.2 Å². The molecule has 0 N–H and O–H groups in total. The van der Waals surface area contributed by atoms with E-state index in [0.717, 1.165) is 38.7 Å². The Bertz CT molecular complexity index is 954. The van der Waals surface area contributed by atoms with Crippen molar-refractivity contribution in [3.8, 4) is 11.3 Å². The van der Waals surface area contributed by atoms with Crippen molar-refractivity contribution in [3.63, 3.8) is 0 Å². The van der Waals surface area contributed by atoms with Gasteiger partial charge in [-0.3, -0.25) is 4.79 Å². The zero-order valence-corrected chi connectivity index (χ0v) is 14.7. The van der Waals surface area contributed by atoms with Crippen LogP contribution in [-0.2, 0) is 18.4 Å². The van der Waals surface area contributed by atoms with Gasteiger partial charge in [-0.1, -0.05) is 42.0 Å². The molecule has 0 aliphatic carbocycles. The first-order chi connectivity index (χ1) is 11.5. The van der Waals surface area contributed by atoms with Gasteiger partial charge in [-0.25, -0.2) is 0 Å². The molecule has 1 aromatic heterocycles. The van der Waals surface area contributed by atoms with Crippen LogP contribution in [0.2, 0.25) is 0 Å². The molecule has 3 nitrogen and oxygen atoms in total. The summed E-state index contributed by atoms with van der Waals surface area (Å²) in [4.78, 5) is 12.9. The van der Waals surface area contributed by atoms with E-state index in [1.54, 1.807) is 4.57 Å². The molecule has 0 amide bonds. The fraction of sp³-hybridized carbons (Fsp3) is 0.286. The molecule has 0 bridgehead atoms. The number of benzene rings is 2. The number of fused-ring (bicyclic) bond motifs is 1. The van der Waals surface area contributed by atoms with Crippen LogP contribution in [0.15, 0.2) is 47.3 Å². The van der Waals surface area contributed by atoms with Crippen LogP contribution in [0.5, 0.6) is 0 Å². The first kappa shape index (κ1) is 16.5. The lowest BCUT2D eigenvalue weighted by molar-refractivity contribution is 0.135. The Morgan fingerprint density at radius 1 is 1.04 bits per heavy atom. The first-order valence-electron chi connectivity index (χ1n) is 8.30. The Hall–Kier alpha value is -2.39. The lowest BCUT2D eigenvalue weighted by Gasteiger charge is -2.19. The van der Waals surface area contributed by atoms with Crippen molar-refractivity contribution in [1.82, 2.24) is 4.57 Å². The van der Waals surface area contributed by atoms with E-state index in [1.165, 1.54) is 0 Å². The Balaban J connectivity index is 2.45. The molecule has 3 rings (SSSR count). The van der Waals surface area contributed by atoms with E-state index in [4.69, 9.17) is 4.74 Å². The third-order valence-electron chi connectivity index (χ3n) is 4.51. The molecule has 0 aliphatic heterocycles. The predicted octanol–water partition coefficient (Wildman–Crippen LogP) is 4.36. The normalized spacial score (nSPS) is 11.2. The molecule has 0 saturated heterocycles. The summed E-state index contributed by atoms with van der Waals surface area (Å²) in [5, 5.41) is 1.74. The van der Waals surface area contributed by atoms with Gasteiger partial charge in [0.15, 0.2) is 0 Å². The first-order valence-corrected chi connectivity index (χ1v) is 8.30. The lowest BCUT2D eigenvalue weighted by atomic mass is 9.96. The Morgan fingerprint density at radius 2 is 1.79 bits per heavy atom. The Labute approximate surface area is 142 Å². The lowest BCUT2D eigenvalue weighted by Crippen LogP contribution is -2.21. The minimum atomic E-state index is 0.0310. The highest BCUT2D eigenvalue weighted by molar-refractivity contribution is 5.90. The average molecular weight is 321 g/mol. The van der Waals surface area contributed by atoms with Gasteiger partial charge in [0.2, 0.25) is 0 Å². The zero-order valence-electron chi connectivity index (χ0n) is 14.7. The summed E-state index contributed by atoms with van der Waals surface area (Å²) in [5.74, 6) is 0. The second-order valence-corrected chi connectivity index (χ2v) is 6.19. The third-order valence-corrected chi connectivity index (χ3v) is 4.51. The number of nitrogens with zero attached hydrogens (tertiary/aromatic N) is 1. The summed E-state index contributed by atoms with van der Waals surface area (Å²) in [6.45, 7) is 7.25. The largest absolute Gasteiger partial charge is 0.377 e. The molecule has 0 unspecified atom stereocenters. The van der Waals surface area contributed by atoms with E-state index in [0.29, 0.717) is 13.2 Å². The fourth-order valence-corrected chi connectivity index (χ4v) is 3.24. The van der Waals surface area contributed by atoms with Crippen LogP contribution in [0.4, 0.5) is 0 Å². The molecule has 24 heavy (non-hydrogen) atoms. The van der Waals surface area contributed by atoms with E-state index in [-0.39, 0.29) is 5.56 Å². The van der Waals surface area contributed by atoms with E-state index in [9.17, 15) is 4.79 Å². The summed E-state index contributed by atoms with van der Waals surface area (Å²) < 4.78 is 7.51. The van der Waals surface area contributed by atoms with Crippen LogP contribution >= 0.6 is 0 Å². The van der Waals surface area contributed by atoms with Crippen molar-refractivity contribution in [2.24, 2.45) is 7.05 Å². The van der Waals surface area contributed by atoms with E-state index in [1.807, 2.05) is 38.2 Å². The van der Waals surface area contributed by atoms with E-state index < -0.39 is 0 Å². The summed E-state index contributed by atoms with van der Waals surface area (Å²) in [7, 11) is 1.85. The van der Waals surface area contributed by atoms with Gasteiger partial charge in [-0.05, 0) is 37.8 Å². The number of hydrogen-bond acceptors (Lipinski definition) is 2. The molecule has 0 aliphatic rings. The maximum atomic E-state index is 12.9. The molecule has 1 heterocycles. The van der Waals surface area contributed by atoms with Crippen molar-refractivity contribution in [1.29, 1.82) is 0 Å². The van der Waals surface area contributed by atoms with Gasteiger partial charge >= 0.3 is 0 Å². The molecular formula is C21H23NO2. The van der Waals surface area contributed by atoms with Gasteiger partial charge in [0.1, 0.15) is 0 Å². The van der Waals surface area contributed by atoms with Crippen molar-refractivity contribution < 1.29 is 4.74 Å². The monoisotopic (exact) mass is 321 g/mol. The number of hydrogen-bond donors (Lipinski definition) is 0. The minimum Gasteiger partial charge on any atom is -0.377 e. The second-order valence-electron chi connectivity index (χ2n) is 6.19. The molecule has 0 saturated carbocycles. The smallest absolute Gasteiger partial charge is 0.258 e. The average Bonchev–Trinajstić information content (AvgIpc) is 2.57. The maximum absolute atomic E-state index is 12.9. The van der Waals surface area contributed by atoms with Gasteiger partial charge in [0.05, 0.1) is 12.3 Å². The number of aromatic nitrogens is 1. The van der Waals surface area contributed by atoms with Crippen molar-refractivity contribution in [3.05, 3.63) is 69.5 Å². The van der Waals surface area contributed by atoms with Crippen LogP contribution in [0, 0.1) is 13.8 Å². The predicted molar refractivity (Wildman–Crippen MR) is 99.4 cm³/mol. The summed E-state index contributed by atoms with van der Waals surface area (Å²) >= 11 is 0. The van der Waals surface area contributed by atoms with Crippen LogP contribution in [0.1, 0.15) is 23.6 Å². The molecule has 3 aromatic rings. The van der Waals surface area contributed by atoms with E-state index in [2.05, 4.69) is 32.0 Å². The van der Waals surface area contributed by atoms with Crippen LogP contribution < -0.4 is 5.56 Å². The number of ether oxygens (including phenoxy) is 1. The van der Waals surface area contributed by atoms with Gasteiger partial charge in [-0.2, -0.15) is 0 Å². The minimum absolute atomic E-state index is 0.0310. The number of aryl methyl sites for hydroxylation is 2. The summed E-state index contributed by atoms with van der Waals surface area (Å²) in [5.41, 5.74) is 5.43. The molecule has 0 fully saturated rings. The second kappa shape index (κ2) is 6.62. The molecule has 3 heteroatoms. The highest BCUT2D eigenvalue weighted by atomic mass is 16.5. The number of rotatable bonds is 4. The van der Waals surface area contributed by atoms with Crippen LogP contribution in [0.25, 0.3) is 22.0 Å². The molecule has 0 atom stereocenters. The fourth-order valence-electron chi connectivity index (χ4n) is 3.24. The summed E-state index contributed by atoms with van der Waals surface area (Å²) in [6, 6.07) is 14.2. The SMILES string of the molecule is CCOCc1c(-c2ccccc2C)n(C)c(=O)c2ccc(C)cc12. The van der Waals surface area contributed by atoms with Gasteiger partial charge in [0, 0.05) is 30.2 Å². The Morgan fingerprint density at radius 3 is 2.50 bits per heavy atom. The molecule has 124 valence electrons. The van der Waals surface area contributed by atoms with E-state index >= 15 is 0 Å². The van der Waals surface area contributed by atoms with Gasteiger partial charge in [-0.15, -0.1) is 0 Å². The van der Waals surface area contributed by atoms with Gasteiger partial charge < -0.3 is 9.30 Å². The molecule has 0 spiro atoms. The Kier molecular flexibility index (Phi) is 4.54. The van der Waals surface area contributed by atoms with Crippen molar-refractivity contribution in [2.45, 2.75) is 27.4 Å². The molecular weight excluding hydrogens is 298 g/mol. The van der Waals surface area contributed by atoms with Crippen molar-refractivity contribution >= 4 is 10.8 Å². The van der Waals surface area contributed by atoms with Crippen LogP contribution in [-0.4, -0.2) is 11.2 Å². The maximum Gasteiger partial charge on any atom is 0.258 e. The van der Waals surface area contributed by atoms with Gasteiger partial charge in [0.25, 0.3) is 5.56 Å². The standard InChI is InChI=1S/C21H23NO2/c1-5-24-13-19-18-12-14(2)10-11-17(18)21(23)22(4)20(19)16-9-7-6-8-15(16)3/h6-12H,5,13H2,1-4H3. The molecule has 0 radical (unpaired) electrons. The summed E-state index contributed by atoms with van der Waals surface area (Å²) in [6.07, 6.45) is 0. The molecule has 2 aromatic carbocycles. The highest BCUT2D eigenvalue weighted by Crippen LogP contribution is 2.31. The van der Waals surface area contributed by atoms with Crippen LogP contribution in [0.3, 0.4) is 0 Å². The van der Waals surface area contributed by atoms with Crippen molar-refractivity contribution in [2.75, 3.05) is 6.61 Å².